The van der Waals surface area contributed by atoms with Crippen LogP contribution >= 0.6 is 0 Å². The van der Waals surface area contributed by atoms with Crippen LogP contribution in [0, 0.1) is 0 Å². The fourth-order valence-electron chi connectivity index (χ4n) is 3.78. The summed E-state index contributed by atoms with van der Waals surface area (Å²) in [6, 6.07) is 32.0. The zero-order valence-electron chi connectivity index (χ0n) is 14.4. The van der Waals surface area contributed by atoms with Crippen LogP contribution < -0.4 is 0 Å². The van der Waals surface area contributed by atoms with Gasteiger partial charge >= 0.3 is 0 Å². The lowest BCUT2D eigenvalue weighted by Crippen LogP contribution is -2.22. The molecule has 2 unspecified atom stereocenters. The van der Waals surface area contributed by atoms with Gasteiger partial charge in [0, 0.05) is 6.54 Å². The van der Waals surface area contributed by atoms with Crippen molar-refractivity contribution in [3.05, 3.63) is 108 Å². The fraction of sp³-hybridized carbons (Fsp3) is 0.130. The highest BCUT2D eigenvalue weighted by Gasteiger charge is 2.55. The van der Waals surface area contributed by atoms with Crippen molar-refractivity contribution in [3.8, 4) is 0 Å². The lowest BCUT2D eigenvalue weighted by Gasteiger charge is -2.10. The first-order chi connectivity index (χ1) is 12.9. The Morgan fingerprint density at radius 3 is 1.46 bits per heavy atom. The molecule has 0 N–H and O–H groups in total. The molecule has 3 aromatic carbocycles. The molecule has 0 amide bonds. The van der Waals surface area contributed by atoms with Gasteiger partial charge in [0.15, 0.2) is 0 Å². The van der Waals surface area contributed by atoms with E-state index in [1.807, 2.05) is 12.1 Å². The highest BCUT2D eigenvalue weighted by Crippen LogP contribution is 2.39. The molecule has 0 spiro atoms. The van der Waals surface area contributed by atoms with E-state index in [9.17, 15) is 0 Å². The van der Waals surface area contributed by atoms with Gasteiger partial charge in [0.05, 0.1) is 23.5 Å². The molecule has 2 heterocycles. The van der Waals surface area contributed by atoms with Crippen LogP contribution in [-0.4, -0.2) is 28.4 Å². The summed E-state index contributed by atoms with van der Waals surface area (Å²) in [6.45, 7) is 0.911. The smallest absolute Gasteiger partial charge is 0.0894 e. The monoisotopic (exact) mass is 337 g/mol. The van der Waals surface area contributed by atoms with E-state index in [4.69, 9.17) is 0 Å². The van der Waals surface area contributed by atoms with Crippen LogP contribution in [0.1, 0.15) is 16.7 Å². The van der Waals surface area contributed by atoms with Crippen molar-refractivity contribution < 1.29 is 0 Å². The molecule has 1 fully saturated rings. The van der Waals surface area contributed by atoms with E-state index in [1.54, 1.807) is 0 Å². The molecular formula is C23H19N3. The third-order valence-electron chi connectivity index (χ3n) is 5.10. The second-order valence-corrected chi connectivity index (χ2v) is 6.75. The quantitative estimate of drug-likeness (QED) is 0.657. The minimum atomic E-state index is 0.297. The summed E-state index contributed by atoms with van der Waals surface area (Å²) in [4.78, 5) is 2.49. The molecule has 0 saturated carbocycles. The SMILES string of the molecule is c1ccc(CN2C3C(c4ccccc4)=NN=C(c4ccccc4)C32)cc1. The normalized spacial score (nSPS) is 23.6. The Kier molecular flexibility index (Phi) is 3.72. The first-order valence-corrected chi connectivity index (χ1v) is 8.98. The van der Waals surface area contributed by atoms with E-state index in [1.165, 1.54) is 5.56 Å². The fourth-order valence-corrected chi connectivity index (χ4v) is 3.78. The van der Waals surface area contributed by atoms with Crippen molar-refractivity contribution in [1.82, 2.24) is 4.90 Å². The molecule has 3 heteroatoms. The van der Waals surface area contributed by atoms with E-state index in [2.05, 4.69) is 94.0 Å². The van der Waals surface area contributed by atoms with Crippen LogP contribution in [0.25, 0.3) is 0 Å². The Morgan fingerprint density at radius 1 is 0.577 bits per heavy atom. The maximum Gasteiger partial charge on any atom is 0.0894 e. The number of fused-ring (bicyclic) bond motifs is 1. The molecule has 26 heavy (non-hydrogen) atoms. The van der Waals surface area contributed by atoms with Crippen LogP contribution in [0.4, 0.5) is 0 Å². The molecule has 2 aliphatic rings. The van der Waals surface area contributed by atoms with Crippen LogP contribution in [0.5, 0.6) is 0 Å². The Hall–Kier alpha value is -3.04. The Balaban J connectivity index is 1.52. The van der Waals surface area contributed by atoms with Crippen molar-refractivity contribution in [2.24, 2.45) is 10.2 Å². The minimum absolute atomic E-state index is 0.297. The second-order valence-electron chi connectivity index (χ2n) is 6.75. The third kappa shape index (κ3) is 2.67. The maximum absolute atomic E-state index is 4.64. The van der Waals surface area contributed by atoms with E-state index in [0.29, 0.717) is 12.1 Å². The average molecular weight is 337 g/mol. The van der Waals surface area contributed by atoms with E-state index < -0.39 is 0 Å². The zero-order valence-corrected chi connectivity index (χ0v) is 14.4. The van der Waals surface area contributed by atoms with Crippen molar-refractivity contribution in [2.45, 2.75) is 18.6 Å². The number of hydrogen-bond acceptors (Lipinski definition) is 3. The summed E-state index contributed by atoms with van der Waals surface area (Å²) in [5.41, 5.74) is 5.79. The Morgan fingerprint density at radius 2 is 1.00 bits per heavy atom. The van der Waals surface area contributed by atoms with Crippen molar-refractivity contribution >= 4 is 11.4 Å². The van der Waals surface area contributed by atoms with E-state index in [-0.39, 0.29) is 0 Å². The van der Waals surface area contributed by atoms with E-state index in [0.717, 1.165) is 29.1 Å². The molecule has 0 bridgehead atoms. The molecule has 5 rings (SSSR count). The summed E-state index contributed by atoms with van der Waals surface area (Å²) in [5, 5.41) is 9.27. The van der Waals surface area contributed by atoms with Crippen LogP contribution in [0.3, 0.4) is 0 Å². The van der Waals surface area contributed by atoms with Gasteiger partial charge in [0.1, 0.15) is 0 Å². The summed E-state index contributed by atoms with van der Waals surface area (Å²) >= 11 is 0. The maximum atomic E-state index is 4.64. The highest BCUT2D eigenvalue weighted by molar-refractivity contribution is 6.18. The van der Waals surface area contributed by atoms with Gasteiger partial charge in [-0.05, 0) is 16.7 Å². The standard InChI is InChI=1S/C23H19N3/c1-4-10-17(11-5-1)16-26-22-20(18-12-6-2-7-13-18)24-25-21(23(22)26)19-14-8-3-9-15-19/h1-15,22-23H,16H2. The van der Waals surface area contributed by atoms with Crippen LogP contribution in [0.2, 0.25) is 0 Å². The molecular weight excluding hydrogens is 318 g/mol. The number of rotatable bonds is 4. The van der Waals surface area contributed by atoms with Gasteiger partial charge < -0.3 is 0 Å². The van der Waals surface area contributed by atoms with Gasteiger partial charge in [-0.25, -0.2) is 0 Å². The molecule has 2 atom stereocenters. The minimum Gasteiger partial charge on any atom is -0.278 e. The van der Waals surface area contributed by atoms with Crippen LogP contribution in [-0.2, 0) is 6.54 Å². The van der Waals surface area contributed by atoms with Crippen molar-refractivity contribution in [1.29, 1.82) is 0 Å². The molecule has 0 radical (unpaired) electrons. The van der Waals surface area contributed by atoms with Gasteiger partial charge in [0.2, 0.25) is 0 Å². The highest BCUT2D eigenvalue weighted by atomic mass is 15.4. The van der Waals surface area contributed by atoms with Gasteiger partial charge in [-0.3, -0.25) is 4.90 Å². The van der Waals surface area contributed by atoms with Crippen molar-refractivity contribution in [3.63, 3.8) is 0 Å². The lowest BCUT2D eigenvalue weighted by atomic mass is 9.99. The number of nitrogens with zero attached hydrogens (tertiary/aromatic N) is 3. The Labute approximate surface area is 153 Å². The predicted molar refractivity (Wildman–Crippen MR) is 106 cm³/mol. The third-order valence-corrected chi connectivity index (χ3v) is 5.10. The topological polar surface area (TPSA) is 27.7 Å². The number of benzene rings is 3. The first kappa shape index (κ1) is 15.2. The average Bonchev–Trinajstić information content (AvgIpc) is 3.43. The van der Waals surface area contributed by atoms with Gasteiger partial charge in [-0.2, -0.15) is 10.2 Å². The molecule has 2 aliphatic heterocycles. The number of hydrogen-bond donors (Lipinski definition) is 0. The lowest BCUT2D eigenvalue weighted by molar-refractivity contribution is 0.522. The summed E-state index contributed by atoms with van der Waals surface area (Å²) in [5.74, 6) is 0. The summed E-state index contributed by atoms with van der Waals surface area (Å²) < 4.78 is 0. The van der Waals surface area contributed by atoms with Crippen LogP contribution in [0.15, 0.2) is 101 Å². The first-order valence-electron chi connectivity index (χ1n) is 8.98. The predicted octanol–water partition coefficient (Wildman–Crippen LogP) is 4.15. The van der Waals surface area contributed by atoms with Gasteiger partial charge in [-0.1, -0.05) is 91.0 Å². The summed E-state index contributed by atoms with van der Waals surface area (Å²) in [6.07, 6.45) is 0. The molecule has 0 aliphatic carbocycles. The molecule has 126 valence electrons. The van der Waals surface area contributed by atoms with Crippen molar-refractivity contribution in [2.75, 3.05) is 0 Å². The molecule has 3 nitrogen and oxygen atoms in total. The van der Waals surface area contributed by atoms with Gasteiger partial charge in [0.25, 0.3) is 0 Å². The molecule has 3 aromatic rings. The Bertz CT molecular complexity index is 901. The van der Waals surface area contributed by atoms with E-state index >= 15 is 0 Å². The molecule has 0 aromatic heterocycles. The van der Waals surface area contributed by atoms with Gasteiger partial charge in [-0.15, -0.1) is 0 Å². The summed E-state index contributed by atoms with van der Waals surface area (Å²) in [7, 11) is 0. The second kappa shape index (κ2) is 6.36. The molecule has 1 saturated heterocycles. The largest absolute Gasteiger partial charge is 0.278 e. The zero-order chi connectivity index (χ0) is 17.3.